The molecule has 0 aliphatic heterocycles. The van der Waals surface area contributed by atoms with Crippen LogP contribution in [0.5, 0.6) is 0 Å². The van der Waals surface area contributed by atoms with Crippen LogP contribution in [0.25, 0.3) is 0 Å². The van der Waals surface area contributed by atoms with Gasteiger partial charge in [-0.3, -0.25) is 0 Å². The van der Waals surface area contributed by atoms with Gasteiger partial charge >= 0.3 is 0 Å². The summed E-state index contributed by atoms with van der Waals surface area (Å²) in [6.45, 7) is 2.81. The molecule has 0 amide bonds. The van der Waals surface area contributed by atoms with Crippen molar-refractivity contribution in [3.05, 3.63) is 60.1 Å². The largest absolute Gasteiger partial charge is 0.467 e. The van der Waals surface area contributed by atoms with Gasteiger partial charge in [-0.05, 0) is 36.8 Å². The molecule has 0 aliphatic rings. The molecule has 0 radical (unpaired) electrons. The van der Waals surface area contributed by atoms with Crippen molar-refractivity contribution in [2.75, 3.05) is 6.54 Å². The third-order valence-electron chi connectivity index (χ3n) is 2.57. The van der Waals surface area contributed by atoms with Gasteiger partial charge in [-0.25, -0.2) is 0 Å². The van der Waals surface area contributed by atoms with Crippen molar-refractivity contribution in [3.63, 3.8) is 0 Å². The molecule has 0 spiro atoms. The first-order chi connectivity index (χ1) is 8.81. The summed E-state index contributed by atoms with van der Waals surface area (Å²) in [5, 5.41) is 6.98. The molecule has 0 saturated heterocycles. The Bertz CT molecular complexity index is 482. The molecule has 2 aromatic rings. The van der Waals surface area contributed by atoms with Crippen molar-refractivity contribution in [2.24, 2.45) is 0 Å². The lowest BCUT2D eigenvalue weighted by Gasteiger charge is -2.19. The first-order valence-corrected chi connectivity index (χ1v) is 6.34. The van der Waals surface area contributed by atoms with Crippen LogP contribution in [0.4, 0.5) is 0 Å². The molecule has 1 aromatic heterocycles. The Morgan fingerprint density at radius 2 is 2.00 bits per heavy atom. The van der Waals surface area contributed by atoms with Crippen LogP contribution in [0.1, 0.15) is 24.3 Å². The van der Waals surface area contributed by atoms with Crippen LogP contribution in [0, 0.1) is 0 Å². The molecule has 2 rings (SSSR count). The summed E-state index contributed by atoms with van der Waals surface area (Å²) in [5.74, 6) is 0.849. The van der Waals surface area contributed by atoms with Crippen LogP contribution in [0.3, 0.4) is 0 Å². The maximum absolute atomic E-state index is 5.48. The second kappa shape index (κ2) is 6.21. The summed E-state index contributed by atoms with van der Waals surface area (Å²) in [4.78, 5) is 0. The van der Waals surface area contributed by atoms with Crippen molar-refractivity contribution < 1.29 is 4.42 Å². The molecule has 94 valence electrons. The molecule has 1 heterocycles. The summed E-state index contributed by atoms with van der Waals surface area (Å²) in [6.07, 6.45) is 1.67. The van der Waals surface area contributed by atoms with E-state index >= 15 is 0 Å². The number of rotatable bonds is 4. The van der Waals surface area contributed by atoms with E-state index in [1.165, 1.54) is 0 Å². The second-order valence-electron chi connectivity index (χ2n) is 3.86. The molecule has 1 atom stereocenters. The Kier molecular flexibility index (Phi) is 4.36. The lowest BCUT2D eigenvalue weighted by atomic mass is 10.1. The van der Waals surface area contributed by atoms with Crippen molar-refractivity contribution in [1.29, 1.82) is 0 Å². The van der Waals surface area contributed by atoms with Crippen LogP contribution < -0.4 is 10.6 Å². The fraction of sp³-hybridized carbons (Fsp3) is 0.214. The summed E-state index contributed by atoms with van der Waals surface area (Å²) in [7, 11) is 0. The molecule has 0 saturated carbocycles. The van der Waals surface area contributed by atoms with Crippen LogP contribution >= 0.6 is 12.2 Å². The fourth-order valence-corrected chi connectivity index (χ4v) is 2.02. The van der Waals surface area contributed by atoms with Gasteiger partial charge in [-0.1, -0.05) is 30.3 Å². The minimum atomic E-state index is -0.0623. The number of hydrogen-bond acceptors (Lipinski definition) is 2. The molecule has 0 aliphatic carbocycles. The Hall–Kier alpha value is -1.81. The van der Waals surface area contributed by atoms with Gasteiger partial charge in [0.15, 0.2) is 5.11 Å². The van der Waals surface area contributed by atoms with Crippen molar-refractivity contribution in [1.82, 2.24) is 10.6 Å². The van der Waals surface area contributed by atoms with Crippen LogP contribution in [0.15, 0.2) is 53.1 Å². The SMILES string of the molecule is CCNC(=S)N[C@H](c1ccccc1)c1ccco1. The number of thiocarbonyl (C=S) groups is 1. The average Bonchev–Trinajstić information content (AvgIpc) is 2.91. The van der Waals surface area contributed by atoms with Gasteiger partial charge in [0, 0.05) is 6.54 Å². The van der Waals surface area contributed by atoms with E-state index in [9.17, 15) is 0 Å². The van der Waals surface area contributed by atoms with Gasteiger partial charge in [0.25, 0.3) is 0 Å². The van der Waals surface area contributed by atoms with E-state index in [1.807, 2.05) is 37.3 Å². The van der Waals surface area contributed by atoms with Gasteiger partial charge in [0.1, 0.15) is 11.8 Å². The highest BCUT2D eigenvalue weighted by Gasteiger charge is 2.17. The summed E-state index contributed by atoms with van der Waals surface area (Å²) in [6, 6.07) is 13.9. The predicted molar refractivity (Wildman–Crippen MR) is 76.4 cm³/mol. The summed E-state index contributed by atoms with van der Waals surface area (Å²) >= 11 is 5.24. The second-order valence-corrected chi connectivity index (χ2v) is 4.27. The smallest absolute Gasteiger partial charge is 0.167 e. The van der Waals surface area contributed by atoms with E-state index in [0.29, 0.717) is 5.11 Å². The van der Waals surface area contributed by atoms with E-state index in [2.05, 4.69) is 22.8 Å². The van der Waals surface area contributed by atoms with E-state index in [-0.39, 0.29) is 6.04 Å². The van der Waals surface area contributed by atoms with Crippen LogP contribution in [-0.4, -0.2) is 11.7 Å². The molecular weight excluding hydrogens is 244 g/mol. The molecule has 18 heavy (non-hydrogen) atoms. The molecule has 2 N–H and O–H groups in total. The molecular formula is C14H16N2OS. The van der Waals surface area contributed by atoms with Gasteiger partial charge in [0.2, 0.25) is 0 Å². The maximum Gasteiger partial charge on any atom is 0.167 e. The highest BCUT2D eigenvalue weighted by molar-refractivity contribution is 7.80. The molecule has 4 heteroatoms. The monoisotopic (exact) mass is 260 g/mol. The lowest BCUT2D eigenvalue weighted by Crippen LogP contribution is -2.37. The van der Waals surface area contributed by atoms with Crippen molar-refractivity contribution >= 4 is 17.3 Å². The zero-order valence-corrected chi connectivity index (χ0v) is 11.0. The highest BCUT2D eigenvalue weighted by atomic mass is 32.1. The van der Waals surface area contributed by atoms with Gasteiger partial charge < -0.3 is 15.1 Å². The standard InChI is InChI=1S/C14H16N2OS/c1-2-15-14(18)16-13(12-9-6-10-17-12)11-7-4-3-5-8-11/h3-10,13H,2H2,1H3,(H2,15,16,18)/t13-/m1/s1. The van der Waals surface area contributed by atoms with Gasteiger partial charge in [-0.15, -0.1) is 0 Å². The van der Waals surface area contributed by atoms with E-state index in [0.717, 1.165) is 17.9 Å². The van der Waals surface area contributed by atoms with E-state index in [4.69, 9.17) is 16.6 Å². The van der Waals surface area contributed by atoms with Crippen molar-refractivity contribution in [2.45, 2.75) is 13.0 Å². The predicted octanol–water partition coefficient (Wildman–Crippen LogP) is 2.85. The number of hydrogen-bond donors (Lipinski definition) is 2. The lowest BCUT2D eigenvalue weighted by molar-refractivity contribution is 0.474. The van der Waals surface area contributed by atoms with E-state index < -0.39 is 0 Å². The van der Waals surface area contributed by atoms with Crippen LogP contribution in [0.2, 0.25) is 0 Å². The van der Waals surface area contributed by atoms with Gasteiger partial charge in [-0.2, -0.15) is 0 Å². The zero-order chi connectivity index (χ0) is 12.8. The Morgan fingerprint density at radius 1 is 1.22 bits per heavy atom. The number of nitrogens with one attached hydrogen (secondary N) is 2. The molecule has 0 bridgehead atoms. The Balaban J connectivity index is 2.22. The first kappa shape index (κ1) is 12.6. The van der Waals surface area contributed by atoms with Crippen LogP contribution in [-0.2, 0) is 0 Å². The first-order valence-electron chi connectivity index (χ1n) is 5.94. The minimum absolute atomic E-state index is 0.0623. The van der Waals surface area contributed by atoms with Crippen molar-refractivity contribution in [3.8, 4) is 0 Å². The topological polar surface area (TPSA) is 37.2 Å². The van der Waals surface area contributed by atoms with E-state index in [1.54, 1.807) is 6.26 Å². The number of benzene rings is 1. The average molecular weight is 260 g/mol. The third-order valence-corrected chi connectivity index (χ3v) is 2.84. The van der Waals surface area contributed by atoms with Gasteiger partial charge in [0.05, 0.1) is 6.26 Å². The Morgan fingerprint density at radius 3 is 2.61 bits per heavy atom. The quantitative estimate of drug-likeness (QED) is 0.829. The Labute approximate surface area is 112 Å². The maximum atomic E-state index is 5.48. The zero-order valence-electron chi connectivity index (χ0n) is 10.2. The molecule has 0 unspecified atom stereocenters. The highest BCUT2D eigenvalue weighted by Crippen LogP contribution is 2.22. The third kappa shape index (κ3) is 3.11. The molecule has 1 aromatic carbocycles. The number of furan rings is 1. The molecule has 0 fully saturated rings. The minimum Gasteiger partial charge on any atom is -0.467 e. The summed E-state index contributed by atoms with van der Waals surface area (Å²) in [5.41, 5.74) is 1.12. The molecule has 3 nitrogen and oxygen atoms in total. The fourth-order valence-electron chi connectivity index (χ4n) is 1.76. The summed E-state index contributed by atoms with van der Waals surface area (Å²) < 4.78 is 5.48. The normalized spacial score (nSPS) is 11.8.